The molecule has 10 heteroatoms. The number of carbonyl (C=O) groups is 2. The third-order valence-electron chi connectivity index (χ3n) is 6.31. The fraction of sp³-hybridized carbons (Fsp3) is 0.357. The molecule has 2 amide bonds. The molecule has 0 unspecified atom stereocenters. The molecule has 38 heavy (non-hydrogen) atoms. The van der Waals surface area contributed by atoms with Gasteiger partial charge in [-0.2, -0.15) is 0 Å². The zero-order chi connectivity index (χ0) is 27.1. The molecule has 1 aliphatic rings. The number of fused-ring (bicyclic) bond motifs is 1. The Bertz CT molecular complexity index is 1380. The molecule has 0 bridgehead atoms. The fourth-order valence-corrected chi connectivity index (χ4v) is 4.76. The third-order valence-corrected chi connectivity index (χ3v) is 7.26. The first kappa shape index (κ1) is 27.6. The Morgan fingerprint density at radius 2 is 1.82 bits per heavy atom. The Labute approximate surface area is 223 Å². The molecule has 4 rings (SSSR count). The number of furan rings is 1. The highest BCUT2D eigenvalue weighted by atomic mass is 32.2. The second-order valence-electron chi connectivity index (χ2n) is 9.47. The molecular weight excluding hydrogens is 504 g/mol. The van der Waals surface area contributed by atoms with Crippen LogP contribution in [0.2, 0.25) is 0 Å². The van der Waals surface area contributed by atoms with Gasteiger partial charge in [-0.3, -0.25) is 15.0 Å². The molecule has 2 heterocycles. The van der Waals surface area contributed by atoms with Gasteiger partial charge in [0.1, 0.15) is 21.4 Å². The van der Waals surface area contributed by atoms with Gasteiger partial charge in [-0.1, -0.05) is 31.2 Å². The minimum absolute atomic E-state index is 0.0513. The lowest BCUT2D eigenvalue weighted by atomic mass is 9.97. The van der Waals surface area contributed by atoms with E-state index >= 15 is 0 Å². The maximum absolute atomic E-state index is 12.9. The number of rotatable bonds is 12. The average Bonchev–Trinajstić information content (AvgIpc) is 3.37. The molecule has 0 saturated heterocycles. The van der Waals surface area contributed by atoms with Crippen LogP contribution < -0.4 is 21.1 Å². The number of hydrazine groups is 1. The first-order chi connectivity index (χ1) is 18.2. The van der Waals surface area contributed by atoms with E-state index in [9.17, 15) is 18.0 Å². The van der Waals surface area contributed by atoms with E-state index in [2.05, 4.69) is 16.2 Å². The fourth-order valence-electron chi connectivity index (χ4n) is 4.25. The number of hydrogen-bond acceptors (Lipinski definition) is 7. The third kappa shape index (κ3) is 7.31. The van der Waals surface area contributed by atoms with E-state index in [0.717, 1.165) is 28.8 Å². The Morgan fingerprint density at radius 1 is 1.03 bits per heavy atom. The van der Waals surface area contributed by atoms with Gasteiger partial charge in [0.05, 0.1) is 18.8 Å². The van der Waals surface area contributed by atoms with E-state index in [1.165, 1.54) is 6.26 Å². The molecular formula is C28H34N4O5S. The molecule has 3 aromatic rings. The van der Waals surface area contributed by atoms with Crippen LogP contribution in [-0.4, -0.2) is 45.3 Å². The van der Waals surface area contributed by atoms with Crippen molar-refractivity contribution in [3.8, 4) is 11.3 Å². The van der Waals surface area contributed by atoms with Gasteiger partial charge in [-0.05, 0) is 54.3 Å². The summed E-state index contributed by atoms with van der Waals surface area (Å²) >= 11 is 0. The van der Waals surface area contributed by atoms with Gasteiger partial charge >= 0.3 is 0 Å². The number of carbonyl (C=O) groups excluding carboxylic acids is 2. The van der Waals surface area contributed by atoms with Gasteiger partial charge in [-0.25, -0.2) is 13.8 Å². The van der Waals surface area contributed by atoms with E-state index in [1.807, 2.05) is 49.4 Å². The lowest BCUT2D eigenvalue weighted by Crippen LogP contribution is -2.37. The van der Waals surface area contributed by atoms with Crippen molar-refractivity contribution in [3.05, 3.63) is 77.0 Å². The van der Waals surface area contributed by atoms with Crippen LogP contribution in [0.3, 0.4) is 0 Å². The summed E-state index contributed by atoms with van der Waals surface area (Å²) in [7, 11) is -3.01. The summed E-state index contributed by atoms with van der Waals surface area (Å²) in [4.78, 5) is 27.0. The molecule has 0 spiro atoms. The van der Waals surface area contributed by atoms with Crippen molar-refractivity contribution in [3.63, 3.8) is 0 Å². The number of sulfone groups is 1. The summed E-state index contributed by atoms with van der Waals surface area (Å²) in [5.74, 6) is 1.31. The van der Waals surface area contributed by atoms with Gasteiger partial charge < -0.3 is 14.6 Å². The van der Waals surface area contributed by atoms with Crippen molar-refractivity contribution < 1.29 is 22.4 Å². The van der Waals surface area contributed by atoms with Crippen LogP contribution in [0.5, 0.6) is 0 Å². The number of nitrogens with one attached hydrogen (secondary N) is 3. The smallest absolute Gasteiger partial charge is 0.265 e. The van der Waals surface area contributed by atoms with E-state index in [4.69, 9.17) is 4.42 Å². The van der Waals surface area contributed by atoms with Gasteiger partial charge in [-0.15, -0.1) is 0 Å². The molecule has 3 N–H and O–H groups in total. The first-order valence-electron chi connectivity index (χ1n) is 12.8. The van der Waals surface area contributed by atoms with Crippen molar-refractivity contribution in [2.24, 2.45) is 0 Å². The van der Waals surface area contributed by atoms with Crippen LogP contribution in [-0.2, 0) is 34.1 Å². The van der Waals surface area contributed by atoms with E-state index in [-0.39, 0.29) is 17.6 Å². The molecule has 0 saturated carbocycles. The summed E-state index contributed by atoms with van der Waals surface area (Å²) in [5.41, 5.74) is 9.84. The quantitative estimate of drug-likeness (QED) is 0.239. The van der Waals surface area contributed by atoms with Crippen LogP contribution in [0.25, 0.3) is 11.3 Å². The number of hydrogen-bond donors (Lipinski definition) is 3. The summed E-state index contributed by atoms with van der Waals surface area (Å²) in [6.07, 6.45) is 3.25. The van der Waals surface area contributed by atoms with Crippen LogP contribution in [0, 0.1) is 0 Å². The van der Waals surface area contributed by atoms with Gasteiger partial charge in [0, 0.05) is 42.6 Å². The normalized spacial score (nSPS) is 13.4. The minimum Gasteiger partial charge on any atom is -0.460 e. The van der Waals surface area contributed by atoms with Crippen molar-refractivity contribution in [1.29, 1.82) is 0 Å². The van der Waals surface area contributed by atoms with Gasteiger partial charge in [0.25, 0.3) is 5.91 Å². The topological polar surface area (TPSA) is 121 Å². The SMILES string of the molecule is CCCNNC(=O)c1ccc(CN2C(=O)CCc3ccc(-c4ccc(CNCCS(C)(=O)=O)o4)cc32)cc1. The number of aryl methyl sites for hydroxylation is 1. The molecule has 202 valence electrons. The van der Waals surface area contributed by atoms with Crippen molar-refractivity contribution in [1.82, 2.24) is 16.2 Å². The van der Waals surface area contributed by atoms with Crippen LogP contribution in [0.1, 0.15) is 47.0 Å². The molecule has 1 aromatic heterocycles. The zero-order valence-corrected chi connectivity index (χ0v) is 22.6. The molecule has 1 aliphatic heterocycles. The number of anilines is 1. The summed E-state index contributed by atoms with van der Waals surface area (Å²) < 4.78 is 28.6. The summed E-state index contributed by atoms with van der Waals surface area (Å²) in [5, 5.41) is 3.08. The second-order valence-corrected chi connectivity index (χ2v) is 11.7. The minimum atomic E-state index is -3.01. The molecule has 0 radical (unpaired) electrons. The highest BCUT2D eigenvalue weighted by molar-refractivity contribution is 7.90. The van der Waals surface area contributed by atoms with Crippen molar-refractivity contribution in [2.75, 3.05) is 30.0 Å². The van der Waals surface area contributed by atoms with Crippen LogP contribution >= 0.6 is 0 Å². The highest BCUT2D eigenvalue weighted by Crippen LogP contribution is 2.34. The zero-order valence-electron chi connectivity index (χ0n) is 21.7. The maximum atomic E-state index is 12.9. The van der Waals surface area contributed by atoms with Crippen LogP contribution in [0.15, 0.2) is 59.0 Å². The molecule has 0 aliphatic carbocycles. The Balaban J connectivity index is 1.45. The Morgan fingerprint density at radius 3 is 2.55 bits per heavy atom. The van der Waals surface area contributed by atoms with Crippen molar-refractivity contribution in [2.45, 2.75) is 39.3 Å². The Kier molecular flexibility index (Phi) is 8.98. The molecule has 0 atom stereocenters. The number of benzene rings is 2. The lowest BCUT2D eigenvalue weighted by molar-refractivity contribution is -0.119. The summed E-state index contributed by atoms with van der Waals surface area (Å²) in [6, 6.07) is 17.0. The van der Waals surface area contributed by atoms with Gasteiger partial charge in [0.2, 0.25) is 5.91 Å². The average molecular weight is 539 g/mol. The second kappa shape index (κ2) is 12.4. The van der Waals surface area contributed by atoms with E-state index in [1.54, 1.807) is 17.0 Å². The lowest BCUT2D eigenvalue weighted by Gasteiger charge is -2.30. The van der Waals surface area contributed by atoms with E-state index < -0.39 is 9.84 Å². The Hall–Kier alpha value is -3.47. The monoisotopic (exact) mass is 538 g/mol. The predicted molar refractivity (Wildman–Crippen MR) is 147 cm³/mol. The van der Waals surface area contributed by atoms with Gasteiger partial charge in [0.15, 0.2) is 0 Å². The standard InChI is InChI=1S/C28H34N4O5S/c1-3-14-30-31-28(34)22-6-4-20(5-7-22)19-32-25-17-23(9-8-21(25)10-13-27(32)33)26-12-11-24(37-26)18-29-15-16-38(2,35)36/h4-9,11-12,17,29-30H,3,10,13-16,18-19H2,1-2H3,(H,31,34). The predicted octanol–water partition coefficient (Wildman–Crippen LogP) is 3.20. The largest absolute Gasteiger partial charge is 0.460 e. The maximum Gasteiger partial charge on any atom is 0.265 e. The number of nitrogens with zero attached hydrogens (tertiary/aromatic N) is 1. The molecule has 9 nitrogen and oxygen atoms in total. The van der Waals surface area contributed by atoms with E-state index in [0.29, 0.717) is 56.1 Å². The molecule has 2 aromatic carbocycles. The van der Waals surface area contributed by atoms with Crippen LogP contribution in [0.4, 0.5) is 5.69 Å². The number of amides is 2. The molecule has 0 fully saturated rings. The highest BCUT2D eigenvalue weighted by Gasteiger charge is 2.25. The van der Waals surface area contributed by atoms with Crippen molar-refractivity contribution >= 4 is 27.3 Å². The summed E-state index contributed by atoms with van der Waals surface area (Å²) in [6.45, 7) is 3.90. The first-order valence-corrected chi connectivity index (χ1v) is 14.8.